The highest BCUT2D eigenvalue weighted by Crippen LogP contribution is 2.26. The number of nitrogens with one attached hydrogen (secondary N) is 1. The Morgan fingerprint density at radius 2 is 1.96 bits per heavy atom. The van der Waals surface area contributed by atoms with Crippen LogP contribution in [0, 0.1) is 13.8 Å². The maximum atomic E-state index is 12.7. The van der Waals surface area contributed by atoms with Gasteiger partial charge in [0.05, 0.1) is 28.3 Å². The summed E-state index contributed by atoms with van der Waals surface area (Å²) in [5, 5.41) is 7.02. The van der Waals surface area contributed by atoms with Crippen molar-refractivity contribution in [3.63, 3.8) is 0 Å². The van der Waals surface area contributed by atoms with Gasteiger partial charge in [-0.25, -0.2) is 4.79 Å². The van der Waals surface area contributed by atoms with Crippen molar-refractivity contribution in [1.29, 1.82) is 0 Å². The molecule has 1 aliphatic heterocycles. The highest BCUT2D eigenvalue weighted by Gasteiger charge is 2.28. The Bertz CT molecular complexity index is 934. The van der Waals surface area contributed by atoms with Crippen molar-refractivity contribution in [3.05, 3.63) is 41.2 Å². The predicted molar refractivity (Wildman–Crippen MR) is 104 cm³/mol. The van der Waals surface area contributed by atoms with E-state index in [-0.39, 0.29) is 11.5 Å². The minimum absolute atomic E-state index is 0.0198. The molecule has 1 N–H and O–H groups in total. The molecule has 2 heterocycles. The van der Waals surface area contributed by atoms with E-state index in [1.807, 2.05) is 6.92 Å². The number of anilines is 2. The van der Waals surface area contributed by atoms with Crippen molar-refractivity contribution < 1.29 is 19.1 Å². The van der Waals surface area contributed by atoms with Gasteiger partial charge >= 0.3 is 5.97 Å². The second-order valence-corrected chi connectivity index (χ2v) is 6.87. The van der Waals surface area contributed by atoms with E-state index in [4.69, 9.17) is 4.74 Å². The molecule has 8 heteroatoms. The fourth-order valence-electron chi connectivity index (χ4n) is 3.24. The van der Waals surface area contributed by atoms with Gasteiger partial charge < -0.3 is 15.0 Å². The summed E-state index contributed by atoms with van der Waals surface area (Å²) in [6.07, 6.45) is 0.213. The van der Waals surface area contributed by atoms with Gasteiger partial charge in [-0.05, 0) is 39.3 Å². The Labute approximate surface area is 163 Å². The van der Waals surface area contributed by atoms with E-state index in [2.05, 4.69) is 10.4 Å². The van der Waals surface area contributed by atoms with Gasteiger partial charge in [-0.15, -0.1) is 0 Å². The average Bonchev–Trinajstić information content (AvgIpc) is 3.19. The number of aromatic nitrogens is 2. The summed E-state index contributed by atoms with van der Waals surface area (Å²) in [6.45, 7) is 5.72. The summed E-state index contributed by atoms with van der Waals surface area (Å²) in [4.78, 5) is 38.8. The lowest BCUT2D eigenvalue weighted by Crippen LogP contribution is -2.31. The first-order valence-electron chi connectivity index (χ1n) is 9.21. The number of esters is 1. The van der Waals surface area contributed by atoms with Gasteiger partial charge in [-0.3, -0.25) is 14.3 Å². The van der Waals surface area contributed by atoms with Crippen molar-refractivity contribution in [1.82, 2.24) is 9.78 Å². The number of ether oxygens (including phenoxy) is 1. The smallest absolute Gasteiger partial charge is 0.341 e. The zero-order chi connectivity index (χ0) is 20.4. The molecule has 1 aliphatic rings. The molecular weight excluding hydrogens is 360 g/mol. The molecule has 0 saturated carbocycles. The first-order chi connectivity index (χ1) is 13.3. The number of carbonyl (C=O) groups is 3. The summed E-state index contributed by atoms with van der Waals surface area (Å²) in [6, 6.07) is 6.78. The highest BCUT2D eigenvalue weighted by atomic mass is 16.5. The van der Waals surface area contributed by atoms with Gasteiger partial charge in [0, 0.05) is 20.0 Å². The zero-order valence-electron chi connectivity index (χ0n) is 16.5. The third kappa shape index (κ3) is 3.76. The Hall–Kier alpha value is -3.16. The minimum atomic E-state index is -1.01. The van der Waals surface area contributed by atoms with Gasteiger partial charge in [0.15, 0.2) is 6.10 Å². The molecule has 0 spiro atoms. The van der Waals surface area contributed by atoms with Gasteiger partial charge in [-0.1, -0.05) is 12.1 Å². The van der Waals surface area contributed by atoms with E-state index in [0.717, 1.165) is 12.1 Å². The quantitative estimate of drug-likeness (QED) is 0.799. The molecule has 8 nitrogen and oxygen atoms in total. The van der Waals surface area contributed by atoms with Crippen LogP contribution in [0.5, 0.6) is 0 Å². The summed E-state index contributed by atoms with van der Waals surface area (Å²) in [5.41, 5.74) is 2.89. The number of carbonyl (C=O) groups excluding carboxylic acids is 3. The van der Waals surface area contributed by atoms with Crippen LogP contribution in [0.3, 0.4) is 0 Å². The molecule has 0 bridgehead atoms. The predicted octanol–water partition coefficient (Wildman–Crippen LogP) is 2.35. The lowest BCUT2D eigenvalue weighted by atomic mass is 10.1. The Morgan fingerprint density at radius 1 is 1.25 bits per heavy atom. The largest absolute Gasteiger partial charge is 0.449 e. The standard InChI is InChI=1S/C20H24N4O4/c1-12-18(13(2)23(4)22-12)21-19(26)14(3)28-20(27)15-8-5-6-9-16(15)24-11-7-10-17(24)25/h5-6,8-9,14H,7,10-11H2,1-4H3,(H,21,26)/t14-/m0/s1. The second kappa shape index (κ2) is 7.84. The molecule has 28 heavy (non-hydrogen) atoms. The van der Waals surface area contributed by atoms with Crippen LogP contribution in [0.4, 0.5) is 11.4 Å². The number of nitrogens with zero attached hydrogens (tertiary/aromatic N) is 3. The monoisotopic (exact) mass is 384 g/mol. The molecule has 1 saturated heterocycles. The van der Waals surface area contributed by atoms with Crippen molar-refractivity contribution in [2.24, 2.45) is 7.05 Å². The maximum absolute atomic E-state index is 12.7. The number of hydrogen-bond donors (Lipinski definition) is 1. The number of hydrogen-bond acceptors (Lipinski definition) is 5. The van der Waals surface area contributed by atoms with Crippen LogP contribution >= 0.6 is 0 Å². The SMILES string of the molecule is Cc1nn(C)c(C)c1NC(=O)[C@H](C)OC(=O)c1ccccc1N1CCCC1=O. The van der Waals surface area contributed by atoms with Gasteiger partial charge in [0.2, 0.25) is 5.91 Å². The molecule has 2 aromatic rings. The first kappa shape index (κ1) is 19.6. The number of benzene rings is 1. The second-order valence-electron chi connectivity index (χ2n) is 6.87. The van der Waals surface area contributed by atoms with E-state index in [0.29, 0.717) is 30.0 Å². The lowest BCUT2D eigenvalue weighted by molar-refractivity contribution is -0.123. The summed E-state index contributed by atoms with van der Waals surface area (Å²) in [7, 11) is 1.79. The fraction of sp³-hybridized carbons (Fsp3) is 0.400. The zero-order valence-corrected chi connectivity index (χ0v) is 16.5. The van der Waals surface area contributed by atoms with Crippen LogP contribution in [-0.2, 0) is 21.4 Å². The molecule has 1 atom stereocenters. The third-order valence-corrected chi connectivity index (χ3v) is 4.90. The van der Waals surface area contributed by atoms with Crippen LogP contribution < -0.4 is 10.2 Å². The Balaban J connectivity index is 1.72. The molecule has 1 fully saturated rings. The van der Waals surface area contributed by atoms with Crippen LogP contribution in [0.25, 0.3) is 0 Å². The van der Waals surface area contributed by atoms with Crippen molar-refractivity contribution in [3.8, 4) is 0 Å². The third-order valence-electron chi connectivity index (χ3n) is 4.90. The van der Waals surface area contributed by atoms with Crippen LogP contribution in [0.2, 0.25) is 0 Å². The molecule has 1 aromatic heterocycles. The van der Waals surface area contributed by atoms with Crippen molar-refractivity contribution in [2.75, 3.05) is 16.8 Å². The van der Waals surface area contributed by atoms with E-state index in [1.165, 1.54) is 6.92 Å². The van der Waals surface area contributed by atoms with Crippen LogP contribution in [0.1, 0.15) is 41.5 Å². The molecule has 2 amide bonds. The van der Waals surface area contributed by atoms with Gasteiger partial charge in [0.1, 0.15) is 0 Å². The fourth-order valence-corrected chi connectivity index (χ4v) is 3.24. The van der Waals surface area contributed by atoms with Crippen LogP contribution in [0.15, 0.2) is 24.3 Å². The number of rotatable bonds is 5. The highest BCUT2D eigenvalue weighted by molar-refractivity contribution is 6.04. The first-order valence-corrected chi connectivity index (χ1v) is 9.21. The molecule has 3 rings (SSSR count). The Morgan fingerprint density at radius 3 is 2.57 bits per heavy atom. The minimum Gasteiger partial charge on any atom is -0.449 e. The normalized spacial score (nSPS) is 14.9. The molecule has 0 aliphatic carbocycles. The average molecular weight is 384 g/mol. The molecule has 0 radical (unpaired) electrons. The summed E-state index contributed by atoms with van der Waals surface area (Å²) < 4.78 is 7.05. The van der Waals surface area contributed by atoms with Crippen molar-refractivity contribution >= 4 is 29.2 Å². The van der Waals surface area contributed by atoms with E-state index in [1.54, 1.807) is 47.8 Å². The van der Waals surface area contributed by atoms with Crippen LogP contribution in [-0.4, -0.2) is 40.2 Å². The summed E-state index contributed by atoms with van der Waals surface area (Å²) >= 11 is 0. The Kier molecular flexibility index (Phi) is 5.48. The van der Waals surface area contributed by atoms with Gasteiger partial charge in [0.25, 0.3) is 5.91 Å². The molecule has 0 unspecified atom stereocenters. The lowest BCUT2D eigenvalue weighted by Gasteiger charge is -2.20. The maximum Gasteiger partial charge on any atom is 0.341 e. The number of aryl methyl sites for hydroxylation is 2. The van der Waals surface area contributed by atoms with Crippen molar-refractivity contribution in [2.45, 2.75) is 39.7 Å². The van der Waals surface area contributed by atoms with E-state index < -0.39 is 18.0 Å². The topological polar surface area (TPSA) is 93.5 Å². The number of para-hydroxylation sites is 1. The molecule has 148 valence electrons. The van der Waals surface area contributed by atoms with E-state index in [9.17, 15) is 14.4 Å². The summed E-state index contributed by atoms with van der Waals surface area (Å²) in [5.74, 6) is -1.10. The number of amides is 2. The van der Waals surface area contributed by atoms with E-state index >= 15 is 0 Å². The van der Waals surface area contributed by atoms with Gasteiger partial charge in [-0.2, -0.15) is 5.10 Å². The molecule has 1 aromatic carbocycles. The molecular formula is C20H24N4O4.